The van der Waals surface area contributed by atoms with Gasteiger partial charge in [-0.2, -0.15) is 5.26 Å². The predicted octanol–water partition coefficient (Wildman–Crippen LogP) is 3.16. The highest BCUT2D eigenvalue weighted by Crippen LogP contribution is 2.10. The maximum absolute atomic E-state index is 8.81. The molecule has 0 radical (unpaired) electrons. The minimum atomic E-state index is 0.722. The van der Waals surface area contributed by atoms with E-state index in [0.29, 0.717) is 0 Å². The summed E-state index contributed by atoms with van der Waals surface area (Å²) in [5.74, 6) is 0. The van der Waals surface area contributed by atoms with Crippen LogP contribution in [-0.2, 0) is 13.1 Å². The van der Waals surface area contributed by atoms with Crippen molar-refractivity contribution < 1.29 is 0 Å². The van der Waals surface area contributed by atoms with Gasteiger partial charge in [-0.3, -0.25) is 0 Å². The summed E-state index contributed by atoms with van der Waals surface area (Å²) in [6.45, 7) is 3.73. The molecule has 90 valence electrons. The van der Waals surface area contributed by atoms with Crippen LogP contribution in [0.15, 0.2) is 48.5 Å². The van der Waals surface area contributed by atoms with Crippen LogP contribution in [0.4, 0.5) is 0 Å². The molecule has 0 bridgehead atoms. The first-order valence-corrected chi connectivity index (χ1v) is 6.04. The van der Waals surface area contributed by atoms with Gasteiger partial charge in [0.1, 0.15) is 0 Å². The van der Waals surface area contributed by atoms with E-state index in [4.69, 9.17) is 5.26 Å². The van der Waals surface area contributed by atoms with Crippen LogP contribution in [0.5, 0.6) is 0 Å². The molecule has 2 aromatic carbocycles. The topological polar surface area (TPSA) is 35.8 Å². The van der Waals surface area contributed by atoms with Crippen molar-refractivity contribution in [3.63, 3.8) is 0 Å². The Labute approximate surface area is 108 Å². The highest BCUT2D eigenvalue weighted by molar-refractivity contribution is 5.37. The van der Waals surface area contributed by atoms with Crippen LogP contribution in [0, 0.1) is 18.3 Å². The normalized spacial score (nSPS) is 10.0. The van der Waals surface area contributed by atoms with E-state index in [1.165, 1.54) is 11.1 Å². The van der Waals surface area contributed by atoms with Crippen molar-refractivity contribution in [1.29, 1.82) is 5.26 Å². The quantitative estimate of drug-likeness (QED) is 0.885. The van der Waals surface area contributed by atoms with Gasteiger partial charge in [0.15, 0.2) is 0 Å². The van der Waals surface area contributed by atoms with E-state index >= 15 is 0 Å². The molecule has 0 aromatic heterocycles. The lowest BCUT2D eigenvalue weighted by molar-refractivity contribution is 0.690. The zero-order valence-corrected chi connectivity index (χ0v) is 10.5. The molecule has 0 spiro atoms. The molecule has 0 saturated heterocycles. The second-order valence-electron chi connectivity index (χ2n) is 4.34. The molecule has 2 nitrogen and oxygen atoms in total. The molecule has 0 aliphatic heterocycles. The summed E-state index contributed by atoms with van der Waals surface area (Å²) in [7, 11) is 0. The molecule has 2 heteroatoms. The molecule has 2 aromatic rings. The summed E-state index contributed by atoms with van der Waals surface area (Å²) < 4.78 is 0. The number of nitrogens with zero attached hydrogens (tertiary/aromatic N) is 1. The fraction of sp³-hybridized carbons (Fsp3) is 0.188. The zero-order valence-electron chi connectivity index (χ0n) is 10.5. The minimum Gasteiger partial charge on any atom is -0.309 e. The van der Waals surface area contributed by atoms with Gasteiger partial charge in [-0.1, -0.05) is 36.4 Å². The third-order valence-corrected chi connectivity index (χ3v) is 2.96. The lowest BCUT2D eigenvalue weighted by Crippen LogP contribution is -2.13. The van der Waals surface area contributed by atoms with Crippen LogP contribution in [0.25, 0.3) is 0 Å². The zero-order chi connectivity index (χ0) is 12.8. The second kappa shape index (κ2) is 6.00. The molecular formula is C16H16N2. The SMILES string of the molecule is Cc1cc(C#N)ccc1CNCc1ccccc1. The van der Waals surface area contributed by atoms with Crippen LogP contribution in [-0.4, -0.2) is 0 Å². The summed E-state index contributed by atoms with van der Waals surface area (Å²) in [5.41, 5.74) is 4.41. The smallest absolute Gasteiger partial charge is 0.0991 e. The Balaban J connectivity index is 1.93. The first-order chi connectivity index (χ1) is 8.79. The molecule has 0 heterocycles. The molecule has 0 aliphatic rings. The van der Waals surface area contributed by atoms with Gasteiger partial charge in [0.25, 0.3) is 0 Å². The molecule has 0 unspecified atom stereocenters. The van der Waals surface area contributed by atoms with Gasteiger partial charge in [0, 0.05) is 13.1 Å². The van der Waals surface area contributed by atoms with Gasteiger partial charge in [-0.05, 0) is 35.7 Å². The second-order valence-corrected chi connectivity index (χ2v) is 4.34. The highest BCUT2D eigenvalue weighted by Gasteiger charge is 1.99. The lowest BCUT2D eigenvalue weighted by atomic mass is 10.1. The van der Waals surface area contributed by atoms with Crippen LogP contribution < -0.4 is 5.32 Å². The fourth-order valence-corrected chi connectivity index (χ4v) is 1.90. The van der Waals surface area contributed by atoms with E-state index in [1.54, 1.807) is 0 Å². The van der Waals surface area contributed by atoms with Gasteiger partial charge < -0.3 is 5.32 Å². The number of hydrogen-bond donors (Lipinski definition) is 1. The average Bonchev–Trinajstić information content (AvgIpc) is 2.42. The molecule has 18 heavy (non-hydrogen) atoms. The Morgan fingerprint density at radius 3 is 2.50 bits per heavy atom. The third-order valence-electron chi connectivity index (χ3n) is 2.96. The Bertz CT molecular complexity index is 553. The van der Waals surface area contributed by atoms with E-state index < -0.39 is 0 Å². The standard InChI is InChI=1S/C16H16N2/c1-13-9-15(10-17)7-8-16(13)12-18-11-14-5-3-2-4-6-14/h2-9,18H,11-12H2,1H3. The summed E-state index contributed by atoms with van der Waals surface area (Å²) in [6.07, 6.45) is 0. The van der Waals surface area contributed by atoms with Gasteiger partial charge in [-0.15, -0.1) is 0 Å². The van der Waals surface area contributed by atoms with Crippen molar-refractivity contribution in [1.82, 2.24) is 5.32 Å². The monoisotopic (exact) mass is 236 g/mol. The van der Waals surface area contributed by atoms with Crippen molar-refractivity contribution in [2.45, 2.75) is 20.0 Å². The average molecular weight is 236 g/mol. The van der Waals surface area contributed by atoms with E-state index in [2.05, 4.69) is 23.5 Å². The molecular weight excluding hydrogens is 220 g/mol. The van der Waals surface area contributed by atoms with Gasteiger partial charge in [-0.25, -0.2) is 0 Å². The van der Waals surface area contributed by atoms with Gasteiger partial charge >= 0.3 is 0 Å². The van der Waals surface area contributed by atoms with Crippen LogP contribution in [0.3, 0.4) is 0 Å². The summed E-state index contributed by atoms with van der Waals surface area (Å²) in [5, 5.41) is 12.2. The van der Waals surface area contributed by atoms with Crippen LogP contribution in [0.2, 0.25) is 0 Å². The molecule has 0 aliphatic carbocycles. The van der Waals surface area contributed by atoms with Gasteiger partial charge in [0.2, 0.25) is 0 Å². The largest absolute Gasteiger partial charge is 0.309 e. The van der Waals surface area contributed by atoms with Crippen LogP contribution in [0.1, 0.15) is 22.3 Å². The maximum atomic E-state index is 8.81. The maximum Gasteiger partial charge on any atom is 0.0991 e. The Morgan fingerprint density at radius 2 is 1.83 bits per heavy atom. The van der Waals surface area contributed by atoms with Crippen LogP contribution >= 0.6 is 0 Å². The lowest BCUT2D eigenvalue weighted by Gasteiger charge is -2.08. The molecule has 0 fully saturated rings. The van der Waals surface area contributed by atoms with Crippen molar-refractivity contribution in [3.05, 3.63) is 70.8 Å². The number of nitriles is 1. The predicted molar refractivity (Wildman–Crippen MR) is 72.9 cm³/mol. The van der Waals surface area contributed by atoms with E-state index in [0.717, 1.165) is 24.2 Å². The van der Waals surface area contributed by atoms with Crippen molar-refractivity contribution >= 4 is 0 Å². The van der Waals surface area contributed by atoms with Crippen molar-refractivity contribution in [2.24, 2.45) is 0 Å². The molecule has 1 N–H and O–H groups in total. The number of rotatable bonds is 4. The molecule has 2 rings (SSSR count). The Morgan fingerprint density at radius 1 is 1.06 bits per heavy atom. The van der Waals surface area contributed by atoms with Crippen molar-refractivity contribution in [2.75, 3.05) is 0 Å². The number of benzene rings is 2. The minimum absolute atomic E-state index is 0.722. The van der Waals surface area contributed by atoms with E-state index in [1.807, 2.05) is 43.3 Å². The third kappa shape index (κ3) is 3.19. The Hall–Kier alpha value is -2.11. The first-order valence-electron chi connectivity index (χ1n) is 6.04. The van der Waals surface area contributed by atoms with E-state index in [9.17, 15) is 0 Å². The number of nitrogens with one attached hydrogen (secondary N) is 1. The van der Waals surface area contributed by atoms with E-state index in [-0.39, 0.29) is 0 Å². The first kappa shape index (κ1) is 12.3. The van der Waals surface area contributed by atoms with Crippen molar-refractivity contribution in [3.8, 4) is 6.07 Å². The molecule has 0 amide bonds. The summed E-state index contributed by atoms with van der Waals surface area (Å²) >= 11 is 0. The fourth-order valence-electron chi connectivity index (χ4n) is 1.90. The molecule has 0 saturated carbocycles. The summed E-state index contributed by atoms with van der Waals surface area (Å²) in [6, 6.07) is 18.3. The Kier molecular flexibility index (Phi) is 4.11. The highest BCUT2D eigenvalue weighted by atomic mass is 14.8. The number of hydrogen-bond acceptors (Lipinski definition) is 2. The molecule has 0 atom stereocenters. The van der Waals surface area contributed by atoms with Gasteiger partial charge in [0.05, 0.1) is 11.6 Å². The summed E-state index contributed by atoms with van der Waals surface area (Å²) in [4.78, 5) is 0. The number of aryl methyl sites for hydroxylation is 1.